The van der Waals surface area contributed by atoms with E-state index >= 15 is 0 Å². The molecule has 10 heteroatoms. The van der Waals surface area contributed by atoms with Crippen molar-refractivity contribution in [1.29, 1.82) is 5.26 Å². The van der Waals surface area contributed by atoms with Crippen LogP contribution in [0.15, 0.2) is 73.3 Å². The molecule has 3 aromatic heterocycles. The Balaban J connectivity index is 1.55. The summed E-state index contributed by atoms with van der Waals surface area (Å²) in [6, 6.07) is 17.1. The first-order chi connectivity index (χ1) is 20.1. The third-order valence-corrected chi connectivity index (χ3v) is 7.64. The molecule has 0 bridgehead atoms. The lowest BCUT2D eigenvalue weighted by molar-refractivity contribution is 0.443. The van der Waals surface area contributed by atoms with E-state index in [2.05, 4.69) is 58.8 Å². The minimum absolute atomic E-state index is 0.0132. The lowest BCUT2D eigenvalue weighted by Gasteiger charge is -2.31. The number of benzene rings is 2. The molecule has 1 aliphatic carbocycles. The van der Waals surface area contributed by atoms with Gasteiger partial charge in [0, 0.05) is 41.8 Å². The van der Waals surface area contributed by atoms with E-state index in [-0.39, 0.29) is 11.2 Å². The van der Waals surface area contributed by atoms with Gasteiger partial charge in [-0.3, -0.25) is 9.97 Å². The zero-order valence-corrected chi connectivity index (χ0v) is 24.2. The van der Waals surface area contributed by atoms with Gasteiger partial charge in [0.1, 0.15) is 25.4 Å². The van der Waals surface area contributed by atoms with E-state index in [9.17, 15) is 9.65 Å². The number of hydrogen-bond donors (Lipinski definition) is 2. The summed E-state index contributed by atoms with van der Waals surface area (Å²) in [6.45, 7) is 7.11. The van der Waals surface area contributed by atoms with E-state index in [1.54, 1.807) is 30.7 Å². The normalized spacial score (nSPS) is 14.7. The van der Waals surface area contributed by atoms with Gasteiger partial charge in [-0.1, -0.05) is 38.1 Å². The fourth-order valence-corrected chi connectivity index (χ4v) is 5.13. The second-order valence-electron chi connectivity index (χ2n) is 12.3. The highest BCUT2D eigenvalue weighted by molar-refractivity contribution is 6.19. The van der Waals surface area contributed by atoms with Crippen molar-refractivity contribution in [2.45, 2.75) is 45.1 Å². The predicted molar refractivity (Wildman–Crippen MR) is 165 cm³/mol. The summed E-state index contributed by atoms with van der Waals surface area (Å²) in [5.74, 6) is -0.307. The molecule has 1 atom stereocenters. The number of hydrogen-bond acceptors (Lipinski definition) is 7. The first kappa shape index (κ1) is 27.4. The van der Waals surface area contributed by atoms with E-state index < -0.39 is 5.44 Å². The molecule has 6 rings (SSSR count). The van der Waals surface area contributed by atoms with E-state index in [1.165, 1.54) is 12.1 Å². The fraction of sp³-hybridized carbons (Fsp3) is 0.281. The van der Waals surface area contributed by atoms with Crippen LogP contribution in [-0.4, -0.2) is 39.4 Å². The summed E-state index contributed by atoms with van der Waals surface area (Å²) in [4.78, 5) is 8.95. The highest BCUT2D eigenvalue weighted by Crippen LogP contribution is 2.40. The van der Waals surface area contributed by atoms with Gasteiger partial charge < -0.3 is 10.6 Å². The van der Waals surface area contributed by atoms with Crippen LogP contribution >= 0.6 is 0 Å². The molecule has 3 heterocycles. The van der Waals surface area contributed by atoms with Gasteiger partial charge in [-0.25, -0.2) is 9.07 Å². The van der Waals surface area contributed by atoms with E-state index in [4.69, 9.17) is 4.98 Å². The van der Waals surface area contributed by atoms with Crippen LogP contribution in [0.3, 0.4) is 0 Å². The first-order valence-electron chi connectivity index (χ1n) is 14.1. The smallest absolute Gasteiger partial charge is 0.148 e. The summed E-state index contributed by atoms with van der Waals surface area (Å²) in [7, 11) is 2.03. The Bertz CT molecular complexity index is 1790. The highest BCUT2D eigenvalue weighted by Gasteiger charge is 2.34. The van der Waals surface area contributed by atoms with Gasteiger partial charge in [0.15, 0.2) is 0 Å². The van der Waals surface area contributed by atoms with Crippen molar-refractivity contribution in [3.05, 3.63) is 96.0 Å². The van der Waals surface area contributed by atoms with Crippen molar-refractivity contribution in [1.82, 2.24) is 25.0 Å². The summed E-state index contributed by atoms with van der Waals surface area (Å²) < 4.78 is 15.9. The van der Waals surface area contributed by atoms with Gasteiger partial charge in [-0.15, -0.1) is 5.10 Å². The minimum atomic E-state index is -0.844. The van der Waals surface area contributed by atoms with Crippen LogP contribution in [0.4, 0.5) is 15.8 Å². The van der Waals surface area contributed by atoms with Crippen molar-refractivity contribution in [3.63, 3.8) is 0 Å². The Labute approximate surface area is 245 Å². The number of nitriles is 1. The maximum Gasteiger partial charge on any atom is 0.148 e. The number of rotatable bonds is 8. The van der Waals surface area contributed by atoms with Crippen molar-refractivity contribution in [2.75, 3.05) is 17.2 Å². The average Bonchev–Trinajstić information content (AvgIpc) is 3.71. The third kappa shape index (κ3) is 5.42. The molecule has 1 aliphatic rings. The third-order valence-electron chi connectivity index (χ3n) is 7.64. The average molecular weight is 558 g/mol. The number of nitrogens with one attached hydrogen (secondary N) is 2. The number of nitrogens with zero attached hydrogens (tertiary/aromatic N) is 6. The highest BCUT2D eigenvalue weighted by atomic mass is 19.1. The molecular formula is C32H32BFN8. The summed E-state index contributed by atoms with van der Waals surface area (Å²) in [5, 5.41) is 27.1. The number of pyridine rings is 2. The summed E-state index contributed by atoms with van der Waals surface area (Å²) in [6.07, 6.45) is 9.28. The second kappa shape index (κ2) is 10.6. The van der Waals surface area contributed by atoms with Crippen molar-refractivity contribution >= 4 is 30.1 Å². The maximum atomic E-state index is 14.0. The lowest BCUT2D eigenvalue weighted by Crippen LogP contribution is -2.37. The van der Waals surface area contributed by atoms with Crippen LogP contribution in [0.1, 0.15) is 56.5 Å². The Hall–Kier alpha value is -4.78. The van der Waals surface area contributed by atoms with Gasteiger partial charge in [0.05, 0.1) is 34.4 Å². The van der Waals surface area contributed by atoms with Crippen molar-refractivity contribution in [3.8, 4) is 17.2 Å². The molecule has 42 heavy (non-hydrogen) atoms. The molecule has 5 aromatic rings. The molecule has 0 radical (unpaired) electrons. The second-order valence-corrected chi connectivity index (χ2v) is 12.3. The first-order valence-corrected chi connectivity index (χ1v) is 14.1. The molecule has 2 N–H and O–H groups in total. The van der Waals surface area contributed by atoms with Crippen LogP contribution in [0.25, 0.3) is 22.0 Å². The maximum absolute atomic E-state index is 14.0. The SMILES string of the molecule is BC(Nc1cc(-c2ccncc2)c2ncc(C#N)c(NCC(C)(C)C)c2c1)(c1ccc(F)cc1)c1cn(C2CC2)nn1. The standard InChI is InChI=1S/C32H32BFN8/c1-31(2,3)19-38-29-21(16-35)17-37-30-26(20-10-12-36-13-11-20)14-24(15-27(29)30)39-32(33,22-4-6-23(34)7-5-22)28-18-42(41-40-28)25-8-9-25/h4-7,10-15,17-18,25,39H,8-9,19,33H2,1-3H3,(H,37,38). The molecule has 1 saturated carbocycles. The monoisotopic (exact) mass is 558 g/mol. The molecule has 2 aromatic carbocycles. The van der Waals surface area contributed by atoms with E-state index in [0.29, 0.717) is 18.2 Å². The van der Waals surface area contributed by atoms with Crippen molar-refractivity contribution < 1.29 is 4.39 Å². The zero-order chi connectivity index (χ0) is 29.5. The van der Waals surface area contributed by atoms with E-state index in [1.807, 2.05) is 36.9 Å². The Kier molecular flexibility index (Phi) is 6.89. The molecule has 0 saturated heterocycles. The molecule has 0 aliphatic heterocycles. The van der Waals surface area contributed by atoms with Gasteiger partial charge in [0.2, 0.25) is 0 Å². The molecule has 0 spiro atoms. The van der Waals surface area contributed by atoms with Crippen LogP contribution in [0.5, 0.6) is 0 Å². The summed E-state index contributed by atoms with van der Waals surface area (Å²) in [5.41, 5.74) is 5.31. The molecule has 1 unspecified atom stereocenters. The number of anilines is 2. The van der Waals surface area contributed by atoms with E-state index in [0.717, 1.165) is 57.5 Å². The predicted octanol–water partition coefficient (Wildman–Crippen LogP) is 5.64. The van der Waals surface area contributed by atoms with Gasteiger partial charge in [0.25, 0.3) is 0 Å². The Morgan fingerprint density at radius 1 is 1.10 bits per heavy atom. The van der Waals surface area contributed by atoms with Gasteiger partial charge in [-0.2, -0.15) is 5.26 Å². The lowest BCUT2D eigenvalue weighted by atomic mass is 9.69. The zero-order valence-electron chi connectivity index (χ0n) is 24.2. The van der Waals surface area contributed by atoms with Crippen LogP contribution in [-0.2, 0) is 5.44 Å². The molecule has 1 fully saturated rings. The van der Waals surface area contributed by atoms with Crippen molar-refractivity contribution in [2.24, 2.45) is 5.41 Å². The topological polar surface area (TPSA) is 104 Å². The molecular weight excluding hydrogens is 526 g/mol. The number of halogens is 1. The van der Waals surface area contributed by atoms with Gasteiger partial charge >= 0.3 is 0 Å². The van der Waals surface area contributed by atoms with Crippen LogP contribution in [0.2, 0.25) is 0 Å². The number of aromatic nitrogens is 5. The minimum Gasteiger partial charge on any atom is -0.383 e. The Morgan fingerprint density at radius 3 is 2.50 bits per heavy atom. The summed E-state index contributed by atoms with van der Waals surface area (Å²) >= 11 is 0. The molecule has 0 amide bonds. The molecule has 8 nitrogen and oxygen atoms in total. The number of fused-ring (bicyclic) bond motifs is 1. The quantitative estimate of drug-likeness (QED) is 0.238. The van der Waals surface area contributed by atoms with Crippen LogP contribution < -0.4 is 10.6 Å². The molecule has 210 valence electrons. The largest absolute Gasteiger partial charge is 0.383 e. The van der Waals surface area contributed by atoms with Gasteiger partial charge in [-0.05, 0) is 65.8 Å². The Morgan fingerprint density at radius 2 is 1.83 bits per heavy atom. The van der Waals surface area contributed by atoms with Crippen LogP contribution in [0, 0.1) is 22.6 Å². The fourth-order valence-electron chi connectivity index (χ4n) is 5.13.